The number of hydrogen-bond donors (Lipinski definition) is 2. The number of amides is 1. The van der Waals surface area contributed by atoms with Crippen LogP contribution in [0, 0.1) is 0 Å². The van der Waals surface area contributed by atoms with Crippen molar-refractivity contribution < 1.29 is 14.7 Å². The van der Waals surface area contributed by atoms with Gasteiger partial charge in [0.1, 0.15) is 6.04 Å². The van der Waals surface area contributed by atoms with E-state index in [9.17, 15) is 14.7 Å². The Labute approximate surface area is 165 Å². The van der Waals surface area contributed by atoms with E-state index in [1.165, 1.54) is 0 Å². The number of carboxylic acid groups (broad SMARTS) is 1. The van der Waals surface area contributed by atoms with Crippen molar-refractivity contribution in [2.45, 2.75) is 12.0 Å². The van der Waals surface area contributed by atoms with Gasteiger partial charge in [-0.2, -0.15) is 0 Å². The van der Waals surface area contributed by atoms with Crippen molar-refractivity contribution in [2.75, 3.05) is 0 Å². The van der Waals surface area contributed by atoms with E-state index in [-0.39, 0.29) is 0 Å². The Balaban J connectivity index is 1.75. The van der Waals surface area contributed by atoms with Crippen LogP contribution in [0.15, 0.2) is 77.3 Å². The normalized spacial score (nSPS) is 13.5. The molecule has 0 aromatic heterocycles. The summed E-state index contributed by atoms with van der Waals surface area (Å²) < 4.78 is 0.763. The molecule has 2 N–H and O–H groups in total. The van der Waals surface area contributed by atoms with Crippen molar-refractivity contribution in [2.24, 2.45) is 0 Å². The van der Waals surface area contributed by atoms with Gasteiger partial charge >= 0.3 is 5.97 Å². The first-order valence-electron chi connectivity index (χ1n) is 8.53. The van der Waals surface area contributed by atoms with Crippen molar-refractivity contribution >= 4 is 27.8 Å². The van der Waals surface area contributed by atoms with Crippen molar-refractivity contribution in [3.63, 3.8) is 0 Å². The summed E-state index contributed by atoms with van der Waals surface area (Å²) in [6.45, 7) is 0. The monoisotopic (exact) mass is 421 g/mol. The second-order valence-electron chi connectivity index (χ2n) is 6.45. The van der Waals surface area contributed by atoms with Gasteiger partial charge in [0.25, 0.3) is 5.91 Å². The number of rotatable bonds is 4. The van der Waals surface area contributed by atoms with Crippen LogP contribution in [0.4, 0.5) is 0 Å². The van der Waals surface area contributed by atoms with Gasteiger partial charge in [0.15, 0.2) is 0 Å². The molecule has 27 heavy (non-hydrogen) atoms. The van der Waals surface area contributed by atoms with Crippen LogP contribution in [0.3, 0.4) is 0 Å². The van der Waals surface area contributed by atoms with Gasteiger partial charge in [0, 0.05) is 16.0 Å². The molecule has 0 saturated carbocycles. The molecule has 1 atom stereocenters. The minimum Gasteiger partial charge on any atom is -0.480 e. The zero-order valence-electron chi connectivity index (χ0n) is 14.2. The molecule has 0 fully saturated rings. The summed E-state index contributed by atoms with van der Waals surface area (Å²) in [7, 11) is 0. The summed E-state index contributed by atoms with van der Waals surface area (Å²) >= 11 is 3.34. The van der Waals surface area contributed by atoms with Crippen LogP contribution >= 0.6 is 15.9 Å². The molecule has 0 bridgehead atoms. The molecule has 4 rings (SSSR count). The molecule has 0 heterocycles. The first kappa shape index (κ1) is 17.5. The molecule has 0 spiro atoms. The van der Waals surface area contributed by atoms with Gasteiger partial charge < -0.3 is 10.4 Å². The van der Waals surface area contributed by atoms with E-state index in [1.807, 2.05) is 54.6 Å². The maximum Gasteiger partial charge on any atom is 0.327 e. The molecule has 3 aromatic carbocycles. The molecule has 1 aliphatic carbocycles. The molecule has 134 valence electrons. The average Bonchev–Trinajstić information content (AvgIpc) is 3.00. The Morgan fingerprint density at radius 3 is 2.04 bits per heavy atom. The number of carboxylic acids is 1. The molecule has 5 heteroatoms. The average molecular weight is 422 g/mol. The van der Waals surface area contributed by atoms with Crippen LogP contribution in [0.1, 0.15) is 27.4 Å². The highest BCUT2D eigenvalue weighted by molar-refractivity contribution is 9.10. The third-order valence-electron chi connectivity index (χ3n) is 4.85. The van der Waals surface area contributed by atoms with E-state index in [2.05, 4.69) is 21.2 Å². The summed E-state index contributed by atoms with van der Waals surface area (Å²) in [6, 6.07) is 21.3. The topological polar surface area (TPSA) is 66.4 Å². The van der Waals surface area contributed by atoms with Crippen LogP contribution in [0.2, 0.25) is 0 Å². The lowest BCUT2D eigenvalue weighted by Crippen LogP contribution is -2.44. The Bertz CT molecular complexity index is 1000. The Morgan fingerprint density at radius 2 is 1.48 bits per heavy atom. The van der Waals surface area contributed by atoms with Gasteiger partial charge in [-0.3, -0.25) is 4.79 Å². The molecular weight excluding hydrogens is 406 g/mol. The zero-order valence-corrected chi connectivity index (χ0v) is 15.8. The number of benzene rings is 3. The maximum atomic E-state index is 12.7. The van der Waals surface area contributed by atoms with Crippen molar-refractivity contribution in [1.82, 2.24) is 5.32 Å². The van der Waals surface area contributed by atoms with Crippen LogP contribution in [-0.4, -0.2) is 23.0 Å². The van der Waals surface area contributed by atoms with Crippen LogP contribution in [-0.2, 0) is 4.79 Å². The third kappa shape index (κ3) is 3.15. The summed E-state index contributed by atoms with van der Waals surface area (Å²) in [5, 5.41) is 12.6. The lowest BCUT2D eigenvalue weighted by molar-refractivity contribution is -0.139. The summed E-state index contributed by atoms with van der Waals surface area (Å²) in [4.78, 5) is 24.8. The van der Waals surface area contributed by atoms with Gasteiger partial charge in [-0.1, -0.05) is 70.5 Å². The predicted molar refractivity (Wildman–Crippen MR) is 107 cm³/mol. The first-order valence-corrected chi connectivity index (χ1v) is 9.33. The number of fused-ring (bicyclic) bond motifs is 3. The van der Waals surface area contributed by atoms with E-state index < -0.39 is 23.8 Å². The third-order valence-corrected chi connectivity index (χ3v) is 5.35. The number of carbonyl (C=O) groups excluding carboxylic acids is 1. The fourth-order valence-electron chi connectivity index (χ4n) is 3.70. The summed E-state index contributed by atoms with van der Waals surface area (Å²) in [5.74, 6) is -1.91. The van der Waals surface area contributed by atoms with E-state index in [0.717, 1.165) is 26.7 Å². The van der Waals surface area contributed by atoms with Crippen molar-refractivity contribution in [3.8, 4) is 11.1 Å². The van der Waals surface area contributed by atoms with Crippen molar-refractivity contribution in [1.29, 1.82) is 0 Å². The largest absolute Gasteiger partial charge is 0.480 e. The summed E-state index contributed by atoms with van der Waals surface area (Å²) in [5.41, 5.74) is 4.28. The van der Waals surface area contributed by atoms with E-state index in [0.29, 0.717) is 5.56 Å². The number of halogens is 1. The van der Waals surface area contributed by atoms with E-state index in [1.54, 1.807) is 18.2 Å². The van der Waals surface area contributed by atoms with Gasteiger partial charge in [0.2, 0.25) is 0 Å². The van der Waals surface area contributed by atoms with Crippen LogP contribution in [0.25, 0.3) is 11.1 Å². The number of nitrogens with one attached hydrogen (secondary N) is 1. The van der Waals surface area contributed by atoms with Gasteiger partial charge in [-0.05, 0) is 40.5 Å². The molecule has 0 saturated heterocycles. The molecule has 4 nitrogen and oxygen atoms in total. The van der Waals surface area contributed by atoms with Gasteiger partial charge in [-0.15, -0.1) is 0 Å². The second kappa shape index (κ2) is 7.00. The molecule has 1 aliphatic rings. The van der Waals surface area contributed by atoms with Crippen LogP contribution in [0.5, 0.6) is 0 Å². The zero-order chi connectivity index (χ0) is 19.0. The fourth-order valence-corrected chi connectivity index (χ4v) is 4.09. The first-order chi connectivity index (χ1) is 13.1. The van der Waals surface area contributed by atoms with E-state index in [4.69, 9.17) is 0 Å². The standard InChI is InChI=1S/C22H16BrNO3/c23-14-7-5-6-13(12-14)21(25)24-20(22(26)27)19-17-10-3-1-8-15(17)16-9-2-4-11-18(16)19/h1-12,19-20H,(H,24,25)(H,26,27)/t20-/m0/s1. The Morgan fingerprint density at radius 1 is 0.889 bits per heavy atom. The SMILES string of the molecule is O=C(N[C@H](C(=O)O)C1c2ccccc2-c2ccccc21)c1cccc(Br)c1. The Kier molecular flexibility index (Phi) is 4.54. The smallest absolute Gasteiger partial charge is 0.327 e. The van der Waals surface area contributed by atoms with Gasteiger partial charge in [-0.25, -0.2) is 4.79 Å². The fraction of sp³-hybridized carbons (Fsp3) is 0.0909. The lowest BCUT2D eigenvalue weighted by atomic mass is 9.89. The number of aliphatic carboxylic acids is 1. The van der Waals surface area contributed by atoms with Gasteiger partial charge in [0.05, 0.1) is 0 Å². The molecule has 0 unspecified atom stereocenters. The molecular formula is C22H16BrNO3. The Hall–Kier alpha value is -2.92. The maximum absolute atomic E-state index is 12.7. The lowest BCUT2D eigenvalue weighted by Gasteiger charge is -2.23. The molecule has 0 radical (unpaired) electrons. The van der Waals surface area contributed by atoms with E-state index >= 15 is 0 Å². The molecule has 3 aromatic rings. The quantitative estimate of drug-likeness (QED) is 0.653. The summed E-state index contributed by atoms with van der Waals surface area (Å²) in [6.07, 6.45) is 0. The van der Waals surface area contributed by atoms with Crippen molar-refractivity contribution in [3.05, 3.63) is 94.0 Å². The predicted octanol–water partition coefficient (Wildman–Crippen LogP) is 4.44. The minimum absolute atomic E-state index is 0.412. The minimum atomic E-state index is -1.07. The molecule has 0 aliphatic heterocycles. The number of hydrogen-bond acceptors (Lipinski definition) is 2. The molecule has 1 amide bonds. The highest BCUT2D eigenvalue weighted by Crippen LogP contribution is 2.46. The highest BCUT2D eigenvalue weighted by atomic mass is 79.9. The van der Waals surface area contributed by atoms with Crippen LogP contribution < -0.4 is 5.32 Å². The number of carbonyl (C=O) groups is 2. The highest BCUT2D eigenvalue weighted by Gasteiger charge is 2.38. The second-order valence-corrected chi connectivity index (χ2v) is 7.37.